The summed E-state index contributed by atoms with van der Waals surface area (Å²) in [6.45, 7) is 6.88. The second-order valence-electron chi connectivity index (χ2n) is 7.73. The second kappa shape index (κ2) is 15.5. The third kappa shape index (κ3) is 9.60. The predicted molar refractivity (Wildman–Crippen MR) is 139 cm³/mol. The highest BCUT2D eigenvalue weighted by Crippen LogP contribution is 2.31. The molecule has 1 heterocycles. The Morgan fingerprint density at radius 3 is 2.09 bits per heavy atom. The number of aryl methyl sites for hydroxylation is 1. The van der Waals surface area contributed by atoms with Crippen LogP contribution in [0.5, 0.6) is 0 Å². The molecule has 0 atom stereocenters. The summed E-state index contributed by atoms with van der Waals surface area (Å²) in [5.74, 6) is 0. The van der Waals surface area contributed by atoms with Crippen molar-refractivity contribution in [1.29, 1.82) is 0 Å². The van der Waals surface area contributed by atoms with E-state index in [0.29, 0.717) is 58.0 Å². The third-order valence-electron chi connectivity index (χ3n) is 5.07. The average molecular weight is 503 g/mol. The van der Waals surface area contributed by atoms with E-state index in [4.69, 9.17) is 24.1 Å². The topological polar surface area (TPSA) is 98.0 Å². The number of aliphatic hydroxyl groups is 1. The molecule has 35 heavy (non-hydrogen) atoms. The van der Waals surface area contributed by atoms with Crippen molar-refractivity contribution in [1.82, 2.24) is 4.98 Å². The maximum Gasteiger partial charge on any atom is 0.231 e. The van der Waals surface area contributed by atoms with Gasteiger partial charge in [0.05, 0.1) is 75.4 Å². The molecule has 0 radical (unpaired) electrons. The summed E-state index contributed by atoms with van der Waals surface area (Å²) >= 11 is 1.54. The zero-order valence-electron chi connectivity index (χ0n) is 20.4. The van der Waals surface area contributed by atoms with E-state index in [1.165, 1.54) is 0 Å². The number of aliphatic hydroxyl groups excluding tert-OH is 1. The lowest BCUT2D eigenvalue weighted by atomic mass is 10.2. The summed E-state index contributed by atoms with van der Waals surface area (Å²) in [4.78, 5) is 6.70. The van der Waals surface area contributed by atoms with Crippen molar-refractivity contribution in [2.24, 2.45) is 10.2 Å². The van der Waals surface area contributed by atoms with Crippen LogP contribution in [0.1, 0.15) is 5.56 Å². The largest absolute Gasteiger partial charge is 0.394 e. The number of azo groups is 1. The van der Waals surface area contributed by atoms with E-state index in [1.54, 1.807) is 11.3 Å². The van der Waals surface area contributed by atoms with E-state index >= 15 is 0 Å². The highest BCUT2D eigenvalue weighted by atomic mass is 32.1. The molecule has 9 nitrogen and oxygen atoms in total. The zero-order valence-corrected chi connectivity index (χ0v) is 21.2. The standard InChI is InChI=1S/C25H34N4O5S/c1-20-4-3-5-23-24(20)26-25(35-23)28-27-21-6-8-22(9-7-21)29(2)10-12-31-14-16-33-18-19-34-17-15-32-13-11-30/h3-9,30H,10-19H2,1-2H3. The van der Waals surface area contributed by atoms with Gasteiger partial charge < -0.3 is 29.0 Å². The van der Waals surface area contributed by atoms with Gasteiger partial charge in [-0.15, -0.1) is 10.2 Å². The van der Waals surface area contributed by atoms with E-state index in [1.807, 2.05) is 37.4 Å². The predicted octanol–water partition coefficient (Wildman–Crippen LogP) is 4.52. The maximum absolute atomic E-state index is 8.59. The lowest BCUT2D eigenvalue weighted by Crippen LogP contribution is -2.23. The summed E-state index contributed by atoms with van der Waals surface area (Å²) in [6, 6.07) is 14.1. The Hall–Kier alpha value is -2.47. The highest BCUT2D eigenvalue weighted by Gasteiger charge is 2.05. The SMILES string of the molecule is Cc1cccc2sc(N=Nc3ccc(N(C)CCOCCOCCOCCOCCO)cc3)nc12. The van der Waals surface area contributed by atoms with Crippen molar-refractivity contribution in [2.45, 2.75) is 6.92 Å². The Morgan fingerprint density at radius 1 is 0.829 bits per heavy atom. The quantitative estimate of drug-likeness (QED) is 0.214. The molecule has 2 aromatic carbocycles. The summed E-state index contributed by atoms with van der Waals surface area (Å²) in [7, 11) is 2.03. The molecule has 3 aromatic rings. The van der Waals surface area contributed by atoms with E-state index in [9.17, 15) is 0 Å². The summed E-state index contributed by atoms with van der Waals surface area (Å²) in [5.41, 5.74) is 4.00. The molecule has 0 saturated carbocycles. The molecule has 0 fully saturated rings. The van der Waals surface area contributed by atoms with Crippen LogP contribution in [-0.4, -0.2) is 83.1 Å². The minimum Gasteiger partial charge on any atom is -0.394 e. The molecule has 0 bridgehead atoms. The van der Waals surface area contributed by atoms with Crippen molar-refractivity contribution >= 4 is 38.1 Å². The van der Waals surface area contributed by atoms with E-state index < -0.39 is 0 Å². The zero-order chi connectivity index (χ0) is 24.7. The number of thiazole rings is 1. The third-order valence-corrected chi connectivity index (χ3v) is 5.98. The number of rotatable bonds is 17. The molecule has 0 amide bonds. The normalized spacial score (nSPS) is 11.6. The van der Waals surface area contributed by atoms with Crippen molar-refractivity contribution in [3.8, 4) is 0 Å². The van der Waals surface area contributed by atoms with Crippen LogP contribution in [0.2, 0.25) is 0 Å². The Labute approximate surface area is 210 Å². The molecular formula is C25H34N4O5S. The summed E-state index contributed by atoms with van der Waals surface area (Å²) < 4.78 is 22.7. The van der Waals surface area contributed by atoms with Crippen molar-refractivity contribution < 1.29 is 24.1 Å². The number of hydrogen-bond donors (Lipinski definition) is 1. The van der Waals surface area contributed by atoms with Gasteiger partial charge in [0.2, 0.25) is 5.13 Å². The lowest BCUT2D eigenvalue weighted by molar-refractivity contribution is -0.00485. The molecule has 1 N–H and O–H groups in total. The molecule has 190 valence electrons. The van der Waals surface area contributed by atoms with Crippen LogP contribution >= 0.6 is 11.3 Å². The van der Waals surface area contributed by atoms with Gasteiger partial charge >= 0.3 is 0 Å². The van der Waals surface area contributed by atoms with Gasteiger partial charge in [-0.1, -0.05) is 23.5 Å². The highest BCUT2D eigenvalue weighted by molar-refractivity contribution is 7.21. The van der Waals surface area contributed by atoms with Gasteiger partial charge in [0.1, 0.15) is 0 Å². The molecule has 1 aromatic heterocycles. The Balaban J connectivity index is 1.28. The first kappa shape index (κ1) is 27.1. The fourth-order valence-corrected chi connectivity index (χ4v) is 4.01. The fraction of sp³-hybridized carbons (Fsp3) is 0.480. The lowest BCUT2D eigenvalue weighted by Gasteiger charge is -2.19. The molecule has 0 aliphatic carbocycles. The molecule has 10 heteroatoms. The number of benzene rings is 2. The van der Waals surface area contributed by atoms with Gasteiger partial charge in [0.15, 0.2) is 0 Å². The average Bonchev–Trinajstić information content (AvgIpc) is 3.30. The molecular weight excluding hydrogens is 468 g/mol. The molecule has 0 unspecified atom stereocenters. The molecule has 0 saturated heterocycles. The minimum atomic E-state index is 0.0320. The number of likely N-dealkylation sites (N-methyl/N-ethyl adjacent to an activating group) is 1. The Kier molecular flexibility index (Phi) is 12.0. The number of anilines is 1. The first-order valence-electron chi connectivity index (χ1n) is 11.7. The van der Waals surface area contributed by atoms with Gasteiger partial charge in [-0.3, -0.25) is 0 Å². The van der Waals surface area contributed by atoms with Crippen LogP contribution in [-0.2, 0) is 18.9 Å². The van der Waals surface area contributed by atoms with Crippen LogP contribution in [0.3, 0.4) is 0 Å². The van der Waals surface area contributed by atoms with Crippen LogP contribution in [0.25, 0.3) is 10.2 Å². The number of aromatic nitrogens is 1. The fourth-order valence-electron chi connectivity index (χ4n) is 3.15. The summed E-state index contributed by atoms with van der Waals surface area (Å²) in [5, 5.41) is 17.9. The molecule has 3 rings (SSSR count). The van der Waals surface area contributed by atoms with Gasteiger partial charge in [-0.2, -0.15) is 0 Å². The first-order valence-corrected chi connectivity index (χ1v) is 12.5. The first-order chi connectivity index (χ1) is 17.2. The maximum atomic E-state index is 8.59. The number of hydrogen-bond acceptors (Lipinski definition) is 10. The van der Waals surface area contributed by atoms with E-state index in [2.05, 4.69) is 39.2 Å². The van der Waals surface area contributed by atoms with Gasteiger partial charge in [-0.25, -0.2) is 4.98 Å². The van der Waals surface area contributed by atoms with Gasteiger partial charge in [-0.05, 0) is 42.8 Å². The monoisotopic (exact) mass is 502 g/mol. The van der Waals surface area contributed by atoms with Crippen LogP contribution in [0.4, 0.5) is 16.5 Å². The van der Waals surface area contributed by atoms with E-state index in [0.717, 1.165) is 33.7 Å². The number of ether oxygens (including phenoxy) is 4. The van der Waals surface area contributed by atoms with Crippen LogP contribution in [0, 0.1) is 6.92 Å². The minimum absolute atomic E-state index is 0.0320. The molecule has 0 aliphatic rings. The second-order valence-corrected chi connectivity index (χ2v) is 8.74. The van der Waals surface area contributed by atoms with Crippen LogP contribution in [0.15, 0.2) is 52.7 Å². The Bertz CT molecular complexity index is 1030. The van der Waals surface area contributed by atoms with Gasteiger partial charge in [0.25, 0.3) is 0 Å². The smallest absolute Gasteiger partial charge is 0.231 e. The van der Waals surface area contributed by atoms with Gasteiger partial charge in [0, 0.05) is 19.3 Å². The summed E-state index contributed by atoms with van der Waals surface area (Å²) in [6.07, 6.45) is 0. The van der Waals surface area contributed by atoms with Crippen molar-refractivity contribution in [3.05, 3.63) is 48.0 Å². The van der Waals surface area contributed by atoms with Crippen molar-refractivity contribution in [2.75, 3.05) is 78.0 Å². The molecule has 0 aliphatic heterocycles. The van der Waals surface area contributed by atoms with Crippen molar-refractivity contribution in [3.63, 3.8) is 0 Å². The molecule has 0 spiro atoms. The number of fused-ring (bicyclic) bond motifs is 1. The number of nitrogens with zero attached hydrogens (tertiary/aromatic N) is 4. The van der Waals surface area contributed by atoms with Crippen LogP contribution < -0.4 is 4.90 Å². The number of para-hydroxylation sites is 1. The van der Waals surface area contributed by atoms with E-state index in [-0.39, 0.29) is 6.61 Å². The Morgan fingerprint density at radius 2 is 1.46 bits per heavy atom.